The predicted molar refractivity (Wildman–Crippen MR) is 189 cm³/mol. The Morgan fingerprint density at radius 3 is 1.34 bits per heavy atom. The summed E-state index contributed by atoms with van der Waals surface area (Å²) in [6.45, 7) is 7.61. The molecular weight excluding hydrogens is 842 g/mol. The SMILES string of the molecule is CC(=O)OC[C@H]1O[C@H](OC[C@H]2O[C@H]3O[C@](C)(C#N)O[C@H]3[C@@H](O[C@H]3O[C@H](COC(C)=O)[C@@H](OC(C)=O)[C@H](OC(C)=O)[C@@H]3OC(C)=O)[C@@H]2O)[C@@H](OC(C)=O)[C@@H](OC(C)=O)[C@@H]1OC(C)=O. The van der Waals surface area contributed by atoms with Gasteiger partial charge < -0.3 is 76.2 Å². The summed E-state index contributed by atoms with van der Waals surface area (Å²) in [6.07, 6.45) is -24.3. The van der Waals surface area contributed by atoms with Crippen molar-refractivity contribution in [1.82, 2.24) is 0 Å². The molecule has 1 N–H and O–H groups in total. The van der Waals surface area contributed by atoms with Gasteiger partial charge in [0.05, 0.1) is 6.61 Å². The third kappa shape index (κ3) is 13.0. The molecule has 25 nitrogen and oxygen atoms in total. The number of carbonyl (C=O) groups excluding carboxylic acids is 8. The molecule has 16 atom stereocenters. The Balaban J connectivity index is 1.72. The van der Waals surface area contributed by atoms with Crippen LogP contribution in [-0.2, 0) is 109 Å². The molecule has 4 aliphatic rings. The van der Waals surface area contributed by atoms with Crippen LogP contribution in [0.4, 0.5) is 0 Å². The molecule has 0 aromatic carbocycles. The fourth-order valence-electron chi connectivity index (χ4n) is 6.93. The molecular formula is C37H49NO24. The van der Waals surface area contributed by atoms with E-state index in [9.17, 15) is 48.7 Å². The minimum absolute atomic E-state index is 0.576. The topological polar surface area (TPSA) is 319 Å². The molecule has 62 heavy (non-hydrogen) atoms. The van der Waals surface area contributed by atoms with E-state index >= 15 is 0 Å². The zero-order valence-electron chi connectivity index (χ0n) is 35.1. The molecule has 4 saturated heterocycles. The second-order valence-electron chi connectivity index (χ2n) is 14.4. The number of nitriles is 1. The Kier molecular flexibility index (Phi) is 17.1. The van der Waals surface area contributed by atoms with E-state index in [1.54, 1.807) is 0 Å². The highest BCUT2D eigenvalue weighted by Gasteiger charge is 2.61. The van der Waals surface area contributed by atoms with Gasteiger partial charge in [0.25, 0.3) is 5.79 Å². The number of esters is 8. The number of nitrogens with zero attached hydrogens (tertiary/aromatic N) is 1. The van der Waals surface area contributed by atoms with Gasteiger partial charge in [0, 0.05) is 62.3 Å². The summed E-state index contributed by atoms with van der Waals surface area (Å²) in [5.41, 5.74) is 0. The standard InChI is InChI=1S/C37H49NO24/c1-14(39)48-11-23-26(51-16(3)41)29(53-18(5)43)31(55-20(7)45)34(58-23)50-10-22-25(47)28(33-36(57-22)62-37(9,13-38)61-33)60-35-32(56-21(8)46)30(54-19(6)44)27(52-17(4)42)24(59-35)12-49-15(2)40/h22-36,47H,10-12H2,1-9H3/t22-,23-,24-,25-,26-,27-,28+,29+,30+,31+,32+,33+,34+,35-,36+,37-/m1/s1. The van der Waals surface area contributed by atoms with E-state index < -0.39 is 165 Å². The average Bonchev–Trinajstić information content (AvgIpc) is 3.50. The number of aliphatic hydroxyl groups is 1. The first-order valence-corrected chi connectivity index (χ1v) is 19.0. The lowest BCUT2D eigenvalue weighted by Crippen LogP contribution is -2.66. The van der Waals surface area contributed by atoms with Gasteiger partial charge in [0.15, 0.2) is 55.5 Å². The zero-order valence-corrected chi connectivity index (χ0v) is 35.1. The van der Waals surface area contributed by atoms with E-state index in [1.807, 2.05) is 6.07 Å². The Labute approximate surface area is 353 Å². The van der Waals surface area contributed by atoms with Gasteiger partial charge in [-0.3, -0.25) is 38.4 Å². The van der Waals surface area contributed by atoms with Crippen LogP contribution < -0.4 is 0 Å². The zero-order chi connectivity index (χ0) is 46.2. The fourth-order valence-corrected chi connectivity index (χ4v) is 6.93. The van der Waals surface area contributed by atoms with Crippen LogP contribution in [0.25, 0.3) is 0 Å². The largest absolute Gasteiger partial charge is 0.463 e. The van der Waals surface area contributed by atoms with Crippen molar-refractivity contribution in [2.24, 2.45) is 0 Å². The number of rotatable bonds is 15. The van der Waals surface area contributed by atoms with E-state index in [0.29, 0.717) is 0 Å². The predicted octanol–water partition coefficient (Wildman–Crippen LogP) is -1.70. The molecule has 346 valence electrons. The normalized spacial score (nSPS) is 36.3. The third-order valence-electron chi connectivity index (χ3n) is 9.14. The minimum Gasteiger partial charge on any atom is -0.463 e. The average molecular weight is 892 g/mol. The Morgan fingerprint density at radius 1 is 0.516 bits per heavy atom. The minimum atomic E-state index is -2.01. The first-order chi connectivity index (χ1) is 29.0. The molecule has 0 bridgehead atoms. The highest BCUT2D eigenvalue weighted by atomic mass is 16.8. The number of hydrogen-bond donors (Lipinski definition) is 1. The molecule has 4 aliphatic heterocycles. The van der Waals surface area contributed by atoms with Gasteiger partial charge in [-0.25, -0.2) is 0 Å². The molecule has 0 radical (unpaired) electrons. The van der Waals surface area contributed by atoms with Crippen molar-refractivity contribution in [2.45, 2.75) is 160 Å². The van der Waals surface area contributed by atoms with E-state index in [1.165, 1.54) is 6.92 Å². The molecule has 4 heterocycles. The van der Waals surface area contributed by atoms with Crippen molar-refractivity contribution in [1.29, 1.82) is 5.26 Å². The van der Waals surface area contributed by atoms with Crippen molar-refractivity contribution in [3.05, 3.63) is 0 Å². The molecule has 0 aromatic heterocycles. The van der Waals surface area contributed by atoms with Gasteiger partial charge in [-0.15, -0.1) is 0 Å². The lowest BCUT2D eigenvalue weighted by atomic mass is 9.96. The van der Waals surface area contributed by atoms with Crippen LogP contribution in [0.2, 0.25) is 0 Å². The van der Waals surface area contributed by atoms with Gasteiger partial charge in [-0.05, 0) is 0 Å². The van der Waals surface area contributed by atoms with Crippen molar-refractivity contribution < 1.29 is 115 Å². The summed E-state index contributed by atoms with van der Waals surface area (Å²) < 4.78 is 84.6. The number of aliphatic hydroxyl groups excluding tert-OH is 1. The maximum atomic E-state index is 12.5. The highest BCUT2D eigenvalue weighted by Crippen LogP contribution is 2.40. The third-order valence-corrected chi connectivity index (χ3v) is 9.14. The summed E-state index contributed by atoms with van der Waals surface area (Å²) in [4.78, 5) is 97.5. The van der Waals surface area contributed by atoms with E-state index in [4.69, 9.17) is 71.1 Å². The molecule has 25 heteroatoms. The van der Waals surface area contributed by atoms with E-state index in [-0.39, 0.29) is 0 Å². The first-order valence-electron chi connectivity index (χ1n) is 19.0. The van der Waals surface area contributed by atoms with Crippen LogP contribution in [0.3, 0.4) is 0 Å². The van der Waals surface area contributed by atoms with Crippen LogP contribution in [0.5, 0.6) is 0 Å². The van der Waals surface area contributed by atoms with Crippen molar-refractivity contribution in [3.63, 3.8) is 0 Å². The number of hydrogen-bond acceptors (Lipinski definition) is 25. The summed E-state index contributed by atoms with van der Waals surface area (Å²) >= 11 is 0. The van der Waals surface area contributed by atoms with Gasteiger partial charge in [-0.2, -0.15) is 5.26 Å². The maximum Gasteiger partial charge on any atom is 0.303 e. The smallest absolute Gasteiger partial charge is 0.303 e. The van der Waals surface area contributed by atoms with Crippen molar-refractivity contribution in [2.75, 3.05) is 19.8 Å². The summed E-state index contributed by atoms with van der Waals surface area (Å²) in [5, 5.41) is 21.8. The Morgan fingerprint density at radius 2 is 0.919 bits per heavy atom. The first kappa shape index (κ1) is 49.6. The highest BCUT2D eigenvalue weighted by molar-refractivity contribution is 5.70. The van der Waals surface area contributed by atoms with Gasteiger partial charge in [-0.1, -0.05) is 0 Å². The van der Waals surface area contributed by atoms with Crippen LogP contribution in [-0.4, -0.2) is 171 Å². The number of carbonyl (C=O) groups is 8. The maximum absolute atomic E-state index is 12.5. The lowest BCUT2D eigenvalue weighted by molar-refractivity contribution is -0.351. The van der Waals surface area contributed by atoms with Crippen molar-refractivity contribution >= 4 is 47.8 Å². The van der Waals surface area contributed by atoms with Crippen LogP contribution in [0.15, 0.2) is 0 Å². The molecule has 4 fully saturated rings. The van der Waals surface area contributed by atoms with Gasteiger partial charge in [0.2, 0.25) is 0 Å². The van der Waals surface area contributed by atoms with Crippen molar-refractivity contribution in [3.8, 4) is 6.07 Å². The molecule has 0 amide bonds. The van der Waals surface area contributed by atoms with Gasteiger partial charge in [0.1, 0.15) is 55.9 Å². The van der Waals surface area contributed by atoms with Crippen LogP contribution in [0, 0.1) is 11.3 Å². The summed E-state index contributed by atoms with van der Waals surface area (Å²) in [7, 11) is 0. The van der Waals surface area contributed by atoms with E-state index in [2.05, 4.69) is 0 Å². The Hall–Kier alpha value is -5.07. The number of ether oxygens (including phenoxy) is 15. The number of fused-ring (bicyclic) bond motifs is 1. The molecule has 0 aromatic rings. The van der Waals surface area contributed by atoms with Crippen LogP contribution in [0.1, 0.15) is 62.3 Å². The lowest BCUT2D eigenvalue weighted by Gasteiger charge is -2.47. The quantitative estimate of drug-likeness (QED) is 0.141. The molecule has 0 aliphatic carbocycles. The molecule has 0 unspecified atom stereocenters. The molecule has 0 saturated carbocycles. The second-order valence-corrected chi connectivity index (χ2v) is 14.4. The summed E-state index contributed by atoms with van der Waals surface area (Å²) in [5.74, 6) is -9.04. The molecule has 4 rings (SSSR count). The second kappa shape index (κ2) is 21.3. The summed E-state index contributed by atoms with van der Waals surface area (Å²) in [6, 6.07) is 1.81. The molecule has 0 spiro atoms. The van der Waals surface area contributed by atoms with Gasteiger partial charge >= 0.3 is 47.8 Å². The van der Waals surface area contributed by atoms with Crippen LogP contribution >= 0.6 is 0 Å². The van der Waals surface area contributed by atoms with E-state index in [0.717, 1.165) is 55.4 Å². The Bertz CT molecular complexity index is 1730. The fraction of sp³-hybridized carbons (Fsp3) is 0.757. The monoisotopic (exact) mass is 891 g/mol.